The average Bonchev–Trinajstić information content (AvgIpc) is 2.76. The van der Waals surface area contributed by atoms with Crippen molar-refractivity contribution in [3.8, 4) is 0 Å². The van der Waals surface area contributed by atoms with Gasteiger partial charge < -0.3 is 5.32 Å². The van der Waals surface area contributed by atoms with Gasteiger partial charge in [-0.1, -0.05) is 53.0 Å². The van der Waals surface area contributed by atoms with E-state index in [1.54, 1.807) is 24.3 Å². The number of nitrogens with one attached hydrogen (secondary N) is 1. The van der Waals surface area contributed by atoms with Crippen molar-refractivity contribution in [2.24, 2.45) is 0 Å². The van der Waals surface area contributed by atoms with Gasteiger partial charge in [-0.3, -0.25) is 14.5 Å². The Balaban J connectivity index is 1.79. The van der Waals surface area contributed by atoms with Crippen LogP contribution in [-0.4, -0.2) is 16.7 Å². The van der Waals surface area contributed by atoms with Crippen LogP contribution >= 0.6 is 23.2 Å². The summed E-state index contributed by atoms with van der Waals surface area (Å²) in [6, 6.07) is 14.4. The van der Waals surface area contributed by atoms with E-state index in [1.807, 2.05) is 31.2 Å². The van der Waals surface area contributed by atoms with Crippen molar-refractivity contribution in [2.45, 2.75) is 13.5 Å². The van der Waals surface area contributed by atoms with Crippen LogP contribution in [0.5, 0.6) is 0 Å². The van der Waals surface area contributed by atoms with Gasteiger partial charge in [0.05, 0.1) is 6.54 Å². The highest BCUT2D eigenvalue weighted by atomic mass is 35.5. The highest BCUT2D eigenvalue weighted by molar-refractivity contribution is 6.48. The normalized spacial score (nSPS) is 14.5. The smallest absolute Gasteiger partial charge is 0.279 e. The zero-order valence-electron chi connectivity index (χ0n) is 12.8. The zero-order valence-corrected chi connectivity index (χ0v) is 14.4. The second kappa shape index (κ2) is 6.67. The molecule has 24 heavy (non-hydrogen) atoms. The summed E-state index contributed by atoms with van der Waals surface area (Å²) in [7, 11) is 0. The quantitative estimate of drug-likeness (QED) is 0.835. The number of anilines is 1. The van der Waals surface area contributed by atoms with Crippen LogP contribution in [0.4, 0.5) is 5.69 Å². The first kappa shape index (κ1) is 16.6. The minimum absolute atomic E-state index is 0.0967. The summed E-state index contributed by atoms with van der Waals surface area (Å²) in [5, 5.41) is 3.43. The number of rotatable bonds is 4. The summed E-state index contributed by atoms with van der Waals surface area (Å²) in [6.07, 6.45) is 0. The molecule has 1 aliphatic heterocycles. The van der Waals surface area contributed by atoms with E-state index in [1.165, 1.54) is 0 Å². The van der Waals surface area contributed by atoms with E-state index >= 15 is 0 Å². The van der Waals surface area contributed by atoms with Crippen molar-refractivity contribution in [1.82, 2.24) is 4.90 Å². The van der Waals surface area contributed by atoms with Crippen LogP contribution in [0.3, 0.4) is 0 Å². The van der Waals surface area contributed by atoms with Crippen LogP contribution < -0.4 is 5.32 Å². The Hall–Kier alpha value is -2.30. The fourth-order valence-electron chi connectivity index (χ4n) is 2.35. The van der Waals surface area contributed by atoms with Gasteiger partial charge in [0.1, 0.15) is 10.7 Å². The average molecular weight is 361 g/mol. The summed E-state index contributed by atoms with van der Waals surface area (Å²) in [5.41, 5.74) is 2.68. The van der Waals surface area contributed by atoms with E-state index in [0.717, 1.165) is 16.0 Å². The standard InChI is InChI=1S/C18H14Cl2N2O2/c1-11-2-8-14(9-3-11)21-16-15(20)17(23)22(18(16)24)10-12-4-6-13(19)7-5-12/h2-9,21H,10H2,1H3. The highest BCUT2D eigenvalue weighted by Crippen LogP contribution is 2.27. The second-order valence-corrected chi connectivity index (χ2v) is 6.32. The summed E-state index contributed by atoms with van der Waals surface area (Å²) < 4.78 is 0. The molecule has 2 aromatic rings. The molecule has 0 radical (unpaired) electrons. The van der Waals surface area contributed by atoms with E-state index in [9.17, 15) is 9.59 Å². The van der Waals surface area contributed by atoms with E-state index in [4.69, 9.17) is 23.2 Å². The molecule has 122 valence electrons. The Kier molecular flexibility index (Phi) is 4.60. The number of halogens is 2. The van der Waals surface area contributed by atoms with Crippen LogP contribution in [0.2, 0.25) is 5.02 Å². The molecule has 0 spiro atoms. The van der Waals surface area contributed by atoms with Crippen molar-refractivity contribution in [1.29, 1.82) is 0 Å². The van der Waals surface area contributed by atoms with Gasteiger partial charge in [-0.2, -0.15) is 0 Å². The van der Waals surface area contributed by atoms with Gasteiger partial charge in [0, 0.05) is 10.7 Å². The maximum Gasteiger partial charge on any atom is 0.279 e. The maximum absolute atomic E-state index is 12.5. The lowest BCUT2D eigenvalue weighted by atomic mass is 10.2. The van der Waals surface area contributed by atoms with Crippen LogP contribution in [0.15, 0.2) is 59.3 Å². The van der Waals surface area contributed by atoms with Gasteiger partial charge in [-0.05, 0) is 36.8 Å². The molecule has 1 N–H and O–H groups in total. The van der Waals surface area contributed by atoms with E-state index in [2.05, 4.69) is 5.32 Å². The first-order valence-corrected chi connectivity index (χ1v) is 8.05. The number of carbonyl (C=O) groups excluding carboxylic acids is 2. The topological polar surface area (TPSA) is 49.4 Å². The third-order valence-corrected chi connectivity index (χ3v) is 4.29. The Bertz CT molecular complexity index is 827. The fraction of sp³-hybridized carbons (Fsp3) is 0.111. The SMILES string of the molecule is Cc1ccc(NC2=C(Cl)C(=O)N(Cc3ccc(Cl)cc3)C2=O)cc1. The molecular formula is C18H14Cl2N2O2. The molecule has 0 saturated heterocycles. The van der Waals surface area contributed by atoms with Gasteiger partial charge in [-0.25, -0.2) is 0 Å². The summed E-state index contributed by atoms with van der Waals surface area (Å²) in [6.45, 7) is 2.11. The summed E-state index contributed by atoms with van der Waals surface area (Å²) >= 11 is 11.9. The minimum Gasteiger partial charge on any atom is -0.350 e. The number of aryl methyl sites for hydroxylation is 1. The molecule has 2 amide bonds. The number of imide groups is 1. The monoisotopic (exact) mass is 360 g/mol. The largest absolute Gasteiger partial charge is 0.350 e. The maximum atomic E-state index is 12.5. The molecule has 0 bridgehead atoms. The van der Waals surface area contributed by atoms with Crippen molar-refractivity contribution in [3.63, 3.8) is 0 Å². The second-order valence-electron chi connectivity index (χ2n) is 5.50. The molecule has 0 aliphatic carbocycles. The molecule has 1 aliphatic rings. The molecule has 0 unspecified atom stereocenters. The lowest BCUT2D eigenvalue weighted by Gasteiger charge is -2.15. The van der Waals surface area contributed by atoms with Crippen molar-refractivity contribution >= 4 is 40.7 Å². The predicted molar refractivity (Wildman–Crippen MR) is 94.7 cm³/mol. The van der Waals surface area contributed by atoms with Crippen LogP contribution in [0, 0.1) is 6.92 Å². The molecule has 0 atom stereocenters. The first-order chi connectivity index (χ1) is 11.5. The van der Waals surface area contributed by atoms with Gasteiger partial charge >= 0.3 is 0 Å². The third kappa shape index (κ3) is 3.30. The Labute approximate surface area is 149 Å². The van der Waals surface area contributed by atoms with Crippen molar-refractivity contribution < 1.29 is 9.59 Å². The minimum atomic E-state index is -0.508. The van der Waals surface area contributed by atoms with E-state index in [-0.39, 0.29) is 17.3 Å². The van der Waals surface area contributed by atoms with Crippen LogP contribution in [0.25, 0.3) is 0 Å². The predicted octanol–water partition coefficient (Wildman–Crippen LogP) is 4.08. The molecule has 2 aromatic carbocycles. The van der Waals surface area contributed by atoms with E-state index < -0.39 is 11.8 Å². The Morgan fingerprint density at radius 2 is 1.54 bits per heavy atom. The number of benzene rings is 2. The van der Waals surface area contributed by atoms with Crippen LogP contribution in [0.1, 0.15) is 11.1 Å². The molecule has 0 aromatic heterocycles. The van der Waals surface area contributed by atoms with E-state index in [0.29, 0.717) is 10.7 Å². The van der Waals surface area contributed by atoms with Gasteiger partial charge in [0.25, 0.3) is 11.8 Å². The van der Waals surface area contributed by atoms with Crippen molar-refractivity contribution in [2.75, 3.05) is 5.32 Å². The van der Waals surface area contributed by atoms with Gasteiger partial charge in [0.15, 0.2) is 0 Å². The number of hydrogen-bond donors (Lipinski definition) is 1. The molecule has 3 rings (SSSR count). The summed E-state index contributed by atoms with van der Waals surface area (Å²) in [4.78, 5) is 25.9. The number of carbonyl (C=O) groups is 2. The molecule has 6 heteroatoms. The lowest BCUT2D eigenvalue weighted by molar-refractivity contribution is -0.138. The summed E-state index contributed by atoms with van der Waals surface area (Å²) in [5.74, 6) is -0.952. The highest BCUT2D eigenvalue weighted by Gasteiger charge is 2.37. The lowest BCUT2D eigenvalue weighted by Crippen LogP contribution is -2.31. The molecule has 0 saturated carbocycles. The molecule has 4 nitrogen and oxygen atoms in total. The first-order valence-electron chi connectivity index (χ1n) is 7.30. The van der Waals surface area contributed by atoms with Gasteiger partial charge in [-0.15, -0.1) is 0 Å². The molecule has 1 heterocycles. The number of hydrogen-bond acceptors (Lipinski definition) is 3. The van der Waals surface area contributed by atoms with Gasteiger partial charge in [0.2, 0.25) is 0 Å². The van der Waals surface area contributed by atoms with Crippen LogP contribution in [-0.2, 0) is 16.1 Å². The third-order valence-electron chi connectivity index (χ3n) is 3.69. The van der Waals surface area contributed by atoms with Crippen molar-refractivity contribution in [3.05, 3.63) is 75.4 Å². The molecule has 0 fully saturated rings. The zero-order chi connectivity index (χ0) is 17.3. The number of amides is 2. The Morgan fingerprint density at radius 1 is 0.917 bits per heavy atom. The number of nitrogens with zero attached hydrogens (tertiary/aromatic N) is 1. The fourth-order valence-corrected chi connectivity index (χ4v) is 2.71. The Morgan fingerprint density at radius 3 is 2.17 bits per heavy atom. The molecular weight excluding hydrogens is 347 g/mol.